The third-order valence-electron chi connectivity index (χ3n) is 9.08. The maximum absolute atomic E-state index is 5.02. The highest BCUT2D eigenvalue weighted by Gasteiger charge is 2.16. The SMILES string of the molecule is c1ccc(-c2nc(-c3ccccc3)nc(-c3ccc(-c4ccccc4)c(-c4ccc(-n5c6ccccc6c6ccccc65)cc4)c3)n2)cc1. The summed E-state index contributed by atoms with van der Waals surface area (Å²) in [6.07, 6.45) is 0. The molecule has 0 radical (unpaired) electrons. The molecule has 0 spiro atoms. The van der Waals surface area contributed by atoms with Crippen molar-refractivity contribution in [1.29, 1.82) is 0 Å². The Balaban J connectivity index is 1.20. The number of hydrogen-bond acceptors (Lipinski definition) is 3. The Kier molecular flexibility index (Phi) is 7.10. The monoisotopic (exact) mass is 626 g/mol. The minimum atomic E-state index is 0.635. The number of nitrogens with zero attached hydrogens (tertiary/aromatic N) is 4. The number of benzene rings is 7. The molecule has 0 N–H and O–H groups in total. The fourth-order valence-electron chi connectivity index (χ4n) is 6.72. The van der Waals surface area contributed by atoms with Crippen molar-refractivity contribution in [2.75, 3.05) is 0 Å². The first-order valence-electron chi connectivity index (χ1n) is 16.5. The normalized spacial score (nSPS) is 11.3. The fraction of sp³-hybridized carbons (Fsp3) is 0. The fourth-order valence-corrected chi connectivity index (χ4v) is 6.72. The van der Waals surface area contributed by atoms with Gasteiger partial charge in [0, 0.05) is 33.2 Å². The van der Waals surface area contributed by atoms with Gasteiger partial charge in [-0.25, -0.2) is 15.0 Å². The van der Waals surface area contributed by atoms with E-state index >= 15 is 0 Å². The number of fused-ring (bicyclic) bond motifs is 3. The highest BCUT2D eigenvalue weighted by atomic mass is 15.0. The van der Waals surface area contributed by atoms with Gasteiger partial charge in [0.05, 0.1) is 11.0 Å². The van der Waals surface area contributed by atoms with E-state index in [2.05, 4.69) is 126 Å². The van der Waals surface area contributed by atoms with E-state index in [1.54, 1.807) is 0 Å². The van der Waals surface area contributed by atoms with Crippen LogP contribution in [0.25, 0.3) is 83.9 Å². The predicted octanol–water partition coefficient (Wildman–Crippen LogP) is 11.3. The largest absolute Gasteiger partial charge is 0.309 e. The van der Waals surface area contributed by atoms with E-state index in [4.69, 9.17) is 15.0 Å². The van der Waals surface area contributed by atoms with Crippen LogP contribution in [-0.2, 0) is 0 Å². The summed E-state index contributed by atoms with van der Waals surface area (Å²) in [6.45, 7) is 0. The molecule has 0 saturated carbocycles. The first-order valence-corrected chi connectivity index (χ1v) is 16.5. The molecule has 2 aromatic heterocycles. The third-order valence-corrected chi connectivity index (χ3v) is 9.08. The van der Waals surface area contributed by atoms with Gasteiger partial charge in [-0.15, -0.1) is 0 Å². The zero-order valence-corrected chi connectivity index (χ0v) is 26.6. The van der Waals surface area contributed by atoms with Crippen LogP contribution in [0.4, 0.5) is 0 Å². The van der Waals surface area contributed by atoms with Crippen LogP contribution < -0.4 is 0 Å². The Morgan fingerprint density at radius 3 is 1.24 bits per heavy atom. The second-order valence-electron chi connectivity index (χ2n) is 12.1. The Morgan fingerprint density at radius 2 is 0.714 bits per heavy atom. The molecular weight excluding hydrogens is 597 g/mol. The summed E-state index contributed by atoms with van der Waals surface area (Å²) in [7, 11) is 0. The average Bonchev–Trinajstić information content (AvgIpc) is 3.53. The standard InChI is InChI=1S/C45H30N4/c1-4-14-31(15-5-1)37-29-26-35(45-47-43(33-16-6-2-7-17-33)46-44(48-45)34-18-8-3-9-19-34)30-40(37)32-24-27-36(28-25-32)49-41-22-12-10-20-38(41)39-21-11-13-23-42(39)49/h1-30H. The Hall–Kier alpha value is -6.65. The van der Waals surface area contributed by atoms with Crippen LogP contribution >= 0.6 is 0 Å². The highest BCUT2D eigenvalue weighted by Crippen LogP contribution is 2.37. The summed E-state index contributed by atoms with van der Waals surface area (Å²) in [4.78, 5) is 14.9. The van der Waals surface area contributed by atoms with E-state index in [1.165, 1.54) is 21.8 Å². The molecule has 0 saturated heterocycles. The quantitative estimate of drug-likeness (QED) is 0.184. The van der Waals surface area contributed by atoms with Gasteiger partial charge in [-0.1, -0.05) is 152 Å². The second kappa shape index (κ2) is 12.2. The Bertz CT molecular complexity index is 2460. The minimum Gasteiger partial charge on any atom is -0.309 e. The molecule has 7 aromatic carbocycles. The molecular formula is C45H30N4. The lowest BCUT2D eigenvalue weighted by molar-refractivity contribution is 1.07. The van der Waals surface area contributed by atoms with E-state index in [0.717, 1.165) is 44.6 Å². The van der Waals surface area contributed by atoms with Crippen LogP contribution in [0.1, 0.15) is 0 Å². The smallest absolute Gasteiger partial charge is 0.164 e. The van der Waals surface area contributed by atoms with Crippen molar-refractivity contribution in [2.45, 2.75) is 0 Å². The molecule has 0 amide bonds. The van der Waals surface area contributed by atoms with Gasteiger partial charge in [0.25, 0.3) is 0 Å². The summed E-state index contributed by atoms with van der Waals surface area (Å²) >= 11 is 0. The first kappa shape index (κ1) is 28.6. The van der Waals surface area contributed by atoms with Crippen LogP contribution in [0.3, 0.4) is 0 Å². The molecule has 0 aliphatic carbocycles. The molecule has 0 aliphatic heterocycles. The number of para-hydroxylation sites is 2. The zero-order valence-electron chi connectivity index (χ0n) is 26.6. The van der Waals surface area contributed by atoms with Gasteiger partial charge < -0.3 is 4.57 Å². The van der Waals surface area contributed by atoms with Gasteiger partial charge in [0.2, 0.25) is 0 Å². The molecule has 0 unspecified atom stereocenters. The highest BCUT2D eigenvalue weighted by molar-refractivity contribution is 6.09. The molecule has 0 bridgehead atoms. The zero-order chi connectivity index (χ0) is 32.6. The van der Waals surface area contributed by atoms with Crippen molar-refractivity contribution in [3.63, 3.8) is 0 Å². The molecule has 4 heteroatoms. The lowest BCUT2D eigenvalue weighted by atomic mass is 9.92. The van der Waals surface area contributed by atoms with Crippen LogP contribution in [0.5, 0.6) is 0 Å². The van der Waals surface area contributed by atoms with E-state index in [1.807, 2.05) is 60.7 Å². The lowest BCUT2D eigenvalue weighted by Gasteiger charge is -2.15. The van der Waals surface area contributed by atoms with Crippen molar-refractivity contribution >= 4 is 21.8 Å². The summed E-state index contributed by atoms with van der Waals surface area (Å²) in [5, 5.41) is 2.51. The van der Waals surface area contributed by atoms with Crippen LogP contribution in [-0.4, -0.2) is 19.5 Å². The Morgan fingerprint density at radius 1 is 0.306 bits per heavy atom. The van der Waals surface area contributed by atoms with Crippen molar-refractivity contribution in [2.24, 2.45) is 0 Å². The number of aromatic nitrogens is 4. The molecule has 9 rings (SSSR count). The van der Waals surface area contributed by atoms with Crippen LogP contribution in [0.2, 0.25) is 0 Å². The summed E-state index contributed by atoms with van der Waals surface area (Å²) in [5.41, 5.74) is 10.9. The summed E-state index contributed by atoms with van der Waals surface area (Å²) < 4.78 is 2.35. The maximum Gasteiger partial charge on any atom is 0.164 e. The van der Waals surface area contributed by atoms with Crippen LogP contribution in [0, 0.1) is 0 Å². The summed E-state index contributed by atoms with van der Waals surface area (Å²) in [5.74, 6) is 1.93. The van der Waals surface area contributed by atoms with Gasteiger partial charge in [-0.3, -0.25) is 0 Å². The average molecular weight is 627 g/mol. The van der Waals surface area contributed by atoms with Gasteiger partial charge in [-0.2, -0.15) is 0 Å². The van der Waals surface area contributed by atoms with Crippen molar-refractivity contribution < 1.29 is 0 Å². The lowest BCUT2D eigenvalue weighted by Crippen LogP contribution is -2.00. The van der Waals surface area contributed by atoms with E-state index in [9.17, 15) is 0 Å². The Labute approximate surface area is 284 Å². The molecule has 0 atom stereocenters. The van der Waals surface area contributed by atoms with Gasteiger partial charge in [-0.05, 0) is 52.6 Å². The second-order valence-corrected chi connectivity index (χ2v) is 12.1. The molecule has 0 aliphatic rings. The van der Waals surface area contributed by atoms with Crippen molar-refractivity contribution in [1.82, 2.24) is 19.5 Å². The maximum atomic E-state index is 5.02. The first-order chi connectivity index (χ1) is 24.3. The van der Waals surface area contributed by atoms with Gasteiger partial charge in [0.15, 0.2) is 17.5 Å². The van der Waals surface area contributed by atoms with E-state index in [-0.39, 0.29) is 0 Å². The number of rotatable bonds is 6. The molecule has 230 valence electrons. The van der Waals surface area contributed by atoms with E-state index in [0.29, 0.717) is 17.5 Å². The van der Waals surface area contributed by atoms with Crippen molar-refractivity contribution in [3.8, 4) is 62.1 Å². The predicted molar refractivity (Wildman–Crippen MR) is 201 cm³/mol. The van der Waals surface area contributed by atoms with Gasteiger partial charge in [0.1, 0.15) is 0 Å². The molecule has 0 fully saturated rings. The minimum absolute atomic E-state index is 0.635. The third kappa shape index (κ3) is 5.26. The molecule has 49 heavy (non-hydrogen) atoms. The van der Waals surface area contributed by atoms with Gasteiger partial charge >= 0.3 is 0 Å². The molecule has 9 aromatic rings. The topological polar surface area (TPSA) is 43.6 Å². The van der Waals surface area contributed by atoms with E-state index < -0.39 is 0 Å². The molecule has 2 heterocycles. The summed E-state index contributed by atoms with van der Waals surface area (Å²) in [6, 6.07) is 63.4. The van der Waals surface area contributed by atoms with Crippen LogP contribution in [0.15, 0.2) is 182 Å². The van der Waals surface area contributed by atoms with Crippen molar-refractivity contribution in [3.05, 3.63) is 182 Å². The number of hydrogen-bond donors (Lipinski definition) is 0. The molecule has 4 nitrogen and oxygen atoms in total.